The Labute approximate surface area is 120 Å². The summed E-state index contributed by atoms with van der Waals surface area (Å²) < 4.78 is 11.2. The highest BCUT2D eigenvalue weighted by Gasteiger charge is 2.11. The first-order chi connectivity index (χ1) is 9.63. The number of nitrogen functional groups attached to an aromatic ring is 1. The second-order valence-corrected chi connectivity index (χ2v) is 4.68. The van der Waals surface area contributed by atoms with Gasteiger partial charge in [0.25, 0.3) is 0 Å². The minimum atomic E-state index is -0.110. The lowest BCUT2D eigenvalue weighted by atomic mass is 10.2. The summed E-state index contributed by atoms with van der Waals surface area (Å²) in [6, 6.07) is 14.4. The van der Waals surface area contributed by atoms with Gasteiger partial charge in [-0.1, -0.05) is 11.6 Å². The van der Waals surface area contributed by atoms with Crippen LogP contribution < -0.4 is 5.73 Å². The highest BCUT2D eigenvalue weighted by Crippen LogP contribution is 2.30. The average Bonchev–Trinajstić information content (AvgIpc) is 3.08. The van der Waals surface area contributed by atoms with E-state index in [-0.39, 0.29) is 5.84 Å². The third kappa shape index (κ3) is 2.33. The molecule has 20 heavy (non-hydrogen) atoms. The fraction of sp³-hybridized carbons (Fsp3) is 0. The van der Waals surface area contributed by atoms with E-state index in [0.29, 0.717) is 22.3 Å². The van der Waals surface area contributed by atoms with Gasteiger partial charge >= 0.3 is 0 Å². The lowest BCUT2D eigenvalue weighted by Crippen LogP contribution is -2.09. The van der Waals surface area contributed by atoms with E-state index in [1.54, 1.807) is 24.3 Å². The summed E-state index contributed by atoms with van der Waals surface area (Å²) in [6.07, 6.45) is 0. The molecule has 0 spiro atoms. The quantitative estimate of drug-likeness (QED) is 0.561. The molecule has 4 nitrogen and oxygen atoms in total. The molecule has 0 amide bonds. The van der Waals surface area contributed by atoms with Crippen LogP contribution in [-0.4, -0.2) is 5.84 Å². The second kappa shape index (κ2) is 4.90. The normalized spacial score (nSPS) is 10.7. The molecule has 100 valence electrons. The van der Waals surface area contributed by atoms with Gasteiger partial charge in [-0.15, -0.1) is 0 Å². The third-order valence-corrected chi connectivity index (χ3v) is 3.10. The van der Waals surface area contributed by atoms with Crippen molar-refractivity contribution in [3.63, 3.8) is 0 Å². The summed E-state index contributed by atoms with van der Waals surface area (Å²) in [5.74, 6) is 2.06. The van der Waals surface area contributed by atoms with Crippen LogP contribution in [-0.2, 0) is 0 Å². The van der Waals surface area contributed by atoms with Crippen molar-refractivity contribution in [1.82, 2.24) is 0 Å². The molecule has 2 heterocycles. The average molecular weight is 287 g/mol. The molecule has 0 bridgehead atoms. The van der Waals surface area contributed by atoms with Gasteiger partial charge in [-0.2, -0.15) is 0 Å². The van der Waals surface area contributed by atoms with Crippen molar-refractivity contribution in [2.75, 3.05) is 0 Å². The molecule has 0 saturated heterocycles. The Balaban J connectivity index is 1.93. The highest BCUT2D eigenvalue weighted by molar-refractivity contribution is 6.30. The summed E-state index contributed by atoms with van der Waals surface area (Å²) in [4.78, 5) is 0. The van der Waals surface area contributed by atoms with Crippen LogP contribution in [0.5, 0.6) is 0 Å². The minimum Gasteiger partial charge on any atom is -0.453 e. The molecule has 3 rings (SSSR count). The van der Waals surface area contributed by atoms with Crippen molar-refractivity contribution in [2.45, 2.75) is 0 Å². The van der Waals surface area contributed by atoms with Gasteiger partial charge < -0.3 is 14.6 Å². The standard InChI is InChI=1S/C15H11ClN2O2/c16-10-3-1-9(2-4-10)11-5-6-12(19-11)13-7-8-14(20-13)15(17)18/h1-8H,(H3,17,18). The molecular weight excluding hydrogens is 276 g/mol. The number of hydrogen-bond donors (Lipinski definition) is 2. The molecule has 0 atom stereocenters. The van der Waals surface area contributed by atoms with E-state index in [4.69, 9.17) is 31.6 Å². The van der Waals surface area contributed by atoms with E-state index < -0.39 is 0 Å². The van der Waals surface area contributed by atoms with Gasteiger partial charge in [-0.05, 0) is 48.5 Å². The Morgan fingerprint density at radius 2 is 1.45 bits per heavy atom. The van der Waals surface area contributed by atoms with Crippen LogP contribution in [0, 0.1) is 5.41 Å². The maximum atomic E-state index is 7.31. The molecular formula is C15H11ClN2O2. The first-order valence-corrected chi connectivity index (χ1v) is 6.31. The van der Waals surface area contributed by atoms with E-state index in [2.05, 4.69) is 0 Å². The molecule has 0 saturated carbocycles. The highest BCUT2D eigenvalue weighted by atomic mass is 35.5. The summed E-state index contributed by atoms with van der Waals surface area (Å²) in [6.45, 7) is 0. The summed E-state index contributed by atoms with van der Waals surface area (Å²) in [5, 5.41) is 7.99. The lowest BCUT2D eigenvalue weighted by Gasteiger charge is -1.97. The van der Waals surface area contributed by atoms with Crippen molar-refractivity contribution >= 4 is 17.4 Å². The van der Waals surface area contributed by atoms with Crippen molar-refractivity contribution in [3.8, 4) is 22.8 Å². The number of nitrogens with two attached hydrogens (primary N) is 1. The number of amidine groups is 1. The van der Waals surface area contributed by atoms with Crippen LogP contribution in [0.25, 0.3) is 22.8 Å². The van der Waals surface area contributed by atoms with Crippen LogP contribution in [0.4, 0.5) is 0 Å². The smallest absolute Gasteiger partial charge is 0.170 e. The number of furan rings is 2. The molecule has 0 aliphatic rings. The number of halogens is 1. The van der Waals surface area contributed by atoms with Crippen LogP contribution in [0.3, 0.4) is 0 Å². The Bertz CT molecular complexity index is 756. The molecule has 3 N–H and O–H groups in total. The van der Waals surface area contributed by atoms with Crippen molar-refractivity contribution in [2.24, 2.45) is 5.73 Å². The van der Waals surface area contributed by atoms with Gasteiger partial charge in [0.05, 0.1) is 0 Å². The first kappa shape index (κ1) is 12.6. The van der Waals surface area contributed by atoms with Gasteiger partial charge in [0.1, 0.15) is 5.76 Å². The van der Waals surface area contributed by atoms with E-state index in [1.165, 1.54) is 0 Å². The zero-order chi connectivity index (χ0) is 14.1. The zero-order valence-electron chi connectivity index (χ0n) is 10.4. The van der Waals surface area contributed by atoms with Crippen LogP contribution >= 0.6 is 11.6 Å². The summed E-state index contributed by atoms with van der Waals surface area (Å²) in [7, 11) is 0. The van der Waals surface area contributed by atoms with Crippen molar-refractivity contribution in [1.29, 1.82) is 5.41 Å². The maximum absolute atomic E-state index is 7.31. The van der Waals surface area contributed by atoms with E-state index in [9.17, 15) is 0 Å². The van der Waals surface area contributed by atoms with Gasteiger partial charge in [0, 0.05) is 10.6 Å². The summed E-state index contributed by atoms with van der Waals surface area (Å²) in [5.41, 5.74) is 6.29. The van der Waals surface area contributed by atoms with Crippen LogP contribution in [0.15, 0.2) is 57.4 Å². The molecule has 5 heteroatoms. The molecule has 0 radical (unpaired) electrons. The number of hydrogen-bond acceptors (Lipinski definition) is 3. The van der Waals surface area contributed by atoms with Crippen molar-refractivity contribution in [3.05, 3.63) is 59.3 Å². The Hall–Kier alpha value is -2.46. The Kier molecular flexibility index (Phi) is 3.08. The van der Waals surface area contributed by atoms with Gasteiger partial charge in [-0.25, -0.2) is 0 Å². The molecule has 3 aromatic rings. The molecule has 0 unspecified atom stereocenters. The monoisotopic (exact) mass is 286 g/mol. The summed E-state index contributed by atoms with van der Waals surface area (Å²) >= 11 is 5.86. The van der Waals surface area contributed by atoms with E-state index in [0.717, 1.165) is 11.3 Å². The van der Waals surface area contributed by atoms with E-state index in [1.807, 2.05) is 24.3 Å². The van der Waals surface area contributed by atoms with Gasteiger partial charge in [0.15, 0.2) is 23.1 Å². The van der Waals surface area contributed by atoms with E-state index >= 15 is 0 Å². The van der Waals surface area contributed by atoms with Gasteiger partial charge in [0.2, 0.25) is 0 Å². The molecule has 0 aliphatic heterocycles. The zero-order valence-corrected chi connectivity index (χ0v) is 11.1. The number of nitrogens with one attached hydrogen (secondary N) is 1. The number of rotatable bonds is 3. The number of benzene rings is 1. The third-order valence-electron chi connectivity index (χ3n) is 2.85. The molecule has 2 aromatic heterocycles. The predicted octanol–water partition coefficient (Wildman–Crippen LogP) is 4.14. The Morgan fingerprint density at radius 1 is 0.850 bits per heavy atom. The minimum absolute atomic E-state index is 0.110. The molecule has 0 fully saturated rings. The van der Waals surface area contributed by atoms with Crippen molar-refractivity contribution < 1.29 is 8.83 Å². The van der Waals surface area contributed by atoms with Crippen LogP contribution in [0.2, 0.25) is 5.02 Å². The fourth-order valence-electron chi connectivity index (χ4n) is 1.85. The predicted molar refractivity (Wildman–Crippen MR) is 77.9 cm³/mol. The second-order valence-electron chi connectivity index (χ2n) is 4.25. The van der Waals surface area contributed by atoms with Gasteiger partial charge in [-0.3, -0.25) is 5.41 Å². The first-order valence-electron chi connectivity index (χ1n) is 5.94. The topological polar surface area (TPSA) is 76.2 Å². The SMILES string of the molecule is N=C(N)c1ccc(-c2ccc(-c3ccc(Cl)cc3)o2)o1. The van der Waals surface area contributed by atoms with Crippen LogP contribution in [0.1, 0.15) is 5.76 Å². The maximum Gasteiger partial charge on any atom is 0.170 e. The largest absolute Gasteiger partial charge is 0.453 e. The molecule has 1 aromatic carbocycles. The lowest BCUT2D eigenvalue weighted by molar-refractivity contribution is 0.525. The Morgan fingerprint density at radius 3 is 2.10 bits per heavy atom. The fourth-order valence-corrected chi connectivity index (χ4v) is 1.98. The molecule has 0 aliphatic carbocycles.